The van der Waals surface area contributed by atoms with Gasteiger partial charge >= 0.3 is 5.97 Å². The molecular formula is C18H20N6O3S2. The first kappa shape index (κ1) is 20.9. The lowest BCUT2D eigenvalue weighted by molar-refractivity contribution is -0.142. The lowest BCUT2D eigenvalue weighted by atomic mass is 10.1. The average molecular weight is 433 g/mol. The topological polar surface area (TPSA) is 112 Å². The van der Waals surface area contributed by atoms with Gasteiger partial charge in [-0.05, 0) is 48.4 Å². The third-order valence-electron chi connectivity index (χ3n) is 3.79. The number of aromatic nitrogens is 5. The smallest absolute Gasteiger partial charge is 0.311 e. The second-order valence-electron chi connectivity index (χ2n) is 6.13. The van der Waals surface area contributed by atoms with E-state index in [0.29, 0.717) is 22.6 Å². The molecule has 0 aliphatic heterocycles. The van der Waals surface area contributed by atoms with Crippen molar-refractivity contribution in [2.45, 2.75) is 32.3 Å². The summed E-state index contributed by atoms with van der Waals surface area (Å²) in [6.45, 7) is 6.05. The summed E-state index contributed by atoms with van der Waals surface area (Å²) >= 11 is 2.49. The number of ether oxygens (including phenoxy) is 1. The second kappa shape index (κ2) is 9.61. The summed E-state index contributed by atoms with van der Waals surface area (Å²) in [6, 6.07) is 6.02. The summed E-state index contributed by atoms with van der Waals surface area (Å²) in [5.74, 6) is -0.454. The molecule has 2 aromatic heterocycles. The van der Waals surface area contributed by atoms with Crippen LogP contribution < -0.4 is 5.32 Å². The molecule has 0 aliphatic rings. The van der Waals surface area contributed by atoms with Crippen molar-refractivity contribution in [2.75, 3.05) is 17.7 Å². The summed E-state index contributed by atoms with van der Waals surface area (Å²) in [5.41, 5.74) is 3.57. The predicted molar refractivity (Wildman–Crippen MR) is 110 cm³/mol. The van der Waals surface area contributed by atoms with Crippen LogP contribution in [0.5, 0.6) is 0 Å². The normalized spacial score (nSPS) is 10.7. The van der Waals surface area contributed by atoms with Gasteiger partial charge in [-0.25, -0.2) is 4.98 Å². The van der Waals surface area contributed by atoms with Crippen LogP contribution in [-0.4, -0.2) is 49.4 Å². The number of thioether (sulfide) groups is 1. The van der Waals surface area contributed by atoms with Gasteiger partial charge in [-0.1, -0.05) is 23.9 Å². The van der Waals surface area contributed by atoms with Gasteiger partial charge in [-0.3, -0.25) is 9.59 Å². The first-order chi connectivity index (χ1) is 14.0. The molecule has 3 rings (SSSR count). The summed E-state index contributed by atoms with van der Waals surface area (Å²) in [6.07, 6.45) is 0.0829. The Bertz CT molecular complexity index is 1020. The molecule has 2 heterocycles. The van der Waals surface area contributed by atoms with Crippen molar-refractivity contribution in [3.63, 3.8) is 0 Å². The zero-order valence-electron chi connectivity index (χ0n) is 16.2. The molecule has 0 aliphatic carbocycles. The standard InChI is InChI=1S/C18H20N6O3S2/c1-4-27-16(26)8-13-9-28-17(19-13)20-15(25)10-29-18-21-22-23-24(18)14-7-11(2)5-6-12(14)3/h5-7,9H,4,8,10H2,1-3H3,(H,19,20,25). The highest BCUT2D eigenvalue weighted by atomic mass is 32.2. The van der Waals surface area contributed by atoms with Crippen molar-refractivity contribution in [1.29, 1.82) is 0 Å². The minimum Gasteiger partial charge on any atom is -0.466 e. The van der Waals surface area contributed by atoms with Gasteiger partial charge in [0, 0.05) is 5.38 Å². The number of aryl methyl sites for hydroxylation is 2. The zero-order valence-corrected chi connectivity index (χ0v) is 17.8. The van der Waals surface area contributed by atoms with Gasteiger partial charge in [-0.2, -0.15) is 4.68 Å². The molecule has 0 unspecified atom stereocenters. The number of esters is 1. The summed E-state index contributed by atoms with van der Waals surface area (Å²) < 4.78 is 6.52. The number of carbonyl (C=O) groups excluding carboxylic acids is 2. The fourth-order valence-electron chi connectivity index (χ4n) is 2.46. The number of tetrazole rings is 1. The molecule has 0 bridgehead atoms. The number of anilines is 1. The fourth-order valence-corrected chi connectivity index (χ4v) is 3.87. The van der Waals surface area contributed by atoms with E-state index in [1.807, 2.05) is 32.0 Å². The molecule has 152 valence electrons. The molecular weight excluding hydrogens is 412 g/mol. The third kappa shape index (κ3) is 5.61. The largest absolute Gasteiger partial charge is 0.466 e. The maximum absolute atomic E-state index is 12.3. The zero-order chi connectivity index (χ0) is 20.8. The van der Waals surface area contributed by atoms with Crippen LogP contribution >= 0.6 is 23.1 Å². The van der Waals surface area contributed by atoms with Crippen molar-refractivity contribution in [2.24, 2.45) is 0 Å². The fraction of sp³-hybridized carbons (Fsp3) is 0.333. The van der Waals surface area contributed by atoms with E-state index in [2.05, 4.69) is 25.8 Å². The second-order valence-corrected chi connectivity index (χ2v) is 7.93. The van der Waals surface area contributed by atoms with E-state index in [-0.39, 0.29) is 24.1 Å². The van der Waals surface area contributed by atoms with Crippen LogP contribution in [0.25, 0.3) is 5.69 Å². The van der Waals surface area contributed by atoms with E-state index in [0.717, 1.165) is 16.8 Å². The van der Waals surface area contributed by atoms with Crippen molar-refractivity contribution in [3.8, 4) is 5.69 Å². The Labute approximate surface area is 175 Å². The predicted octanol–water partition coefficient (Wildman–Crippen LogP) is 2.57. The lowest BCUT2D eigenvalue weighted by Crippen LogP contribution is -2.15. The summed E-state index contributed by atoms with van der Waals surface area (Å²) in [4.78, 5) is 28.0. The van der Waals surface area contributed by atoms with Gasteiger partial charge in [0.1, 0.15) is 0 Å². The number of hydrogen-bond acceptors (Lipinski definition) is 9. The average Bonchev–Trinajstić information content (AvgIpc) is 3.31. The molecule has 1 aromatic carbocycles. The summed E-state index contributed by atoms with van der Waals surface area (Å²) in [5, 5.41) is 17.2. The lowest BCUT2D eigenvalue weighted by Gasteiger charge is -2.08. The van der Waals surface area contributed by atoms with Crippen LogP contribution in [0.3, 0.4) is 0 Å². The van der Waals surface area contributed by atoms with Crippen LogP contribution in [0, 0.1) is 13.8 Å². The highest BCUT2D eigenvalue weighted by molar-refractivity contribution is 7.99. The molecule has 11 heteroatoms. The Balaban J connectivity index is 1.58. The Morgan fingerprint density at radius 3 is 2.93 bits per heavy atom. The monoisotopic (exact) mass is 432 g/mol. The molecule has 29 heavy (non-hydrogen) atoms. The van der Waals surface area contributed by atoms with Gasteiger partial charge in [0.2, 0.25) is 11.1 Å². The first-order valence-corrected chi connectivity index (χ1v) is 10.7. The van der Waals surface area contributed by atoms with Gasteiger partial charge in [0.25, 0.3) is 0 Å². The van der Waals surface area contributed by atoms with E-state index < -0.39 is 0 Å². The van der Waals surface area contributed by atoms with E-state index in [1.54, 1.807) is 17.0 Å². The van der Waals surface area contributed by atoms with Crippen LogP contribution in [-0.2, 0) is 20.7 Å². The highest BCUT2D eigenvalue weighted by Crippen LogP contribution is 2.22. The number of benzene rings is 1. The van der Waals surface area contributed by atoms with Gasteiger partial charge in [0.15, 0.2) is 5.13 Å². The van der Waals surface area contributed by atoms with Crippen molar-refractivity contribution in [1.82, 2.24) is 25.2 Å². The maximum atomic E-state index is 12.3. The van der Waals surface area contributed by atoms with E-state index in [4.69, 9.17) is 4.74 Å². The Morgan fingerprint density at radius 2 is 2.14 bits per heavy atom. The van der Waals surface area contributed by atoms with Crippen molar-refractivity contribution >= 4 is 40.1 Å². The molecule has 0 atom stereocenters. The minimum atomic E-state index is -0.343. The molecule has 3 aromatic rings. The van der Waals surface area contributed by atoms with E-state index in [1.165, 1.54) is 23.1 Å². The Morgan fingerprint density at radius 1 is 1.31 bits per heavy atom. The third-order valence-corrected chi connectivity index (χ3v) is 5.52. The molecule has 0 spiro atoms. The van der Waals surface area contributed by atoms with Crippen molar-refractivity contribution in [3.05, 3.63) is 40.4 Å². The number of nitrogens with one attached hydrogen (secondary N) is 1. The van der Waals surface area contributed by atoms with Crippen molar-refractivity contribution < 1.29 is 14.3 Å². The number of carbonyl (C=O) groups is 2. The number of rotatable bonds is 8. The van der Waals surface area contributed by atoms with Gasteiger partial charge in [0.05, 0.1) is 30.2 Å². The number of thiazole rings is 1. The molecule has 0 fully saturated rings. The Hall–Kier alpha value is -2.79. The molecule has 9 nitrogen and oxygen atoms in total. The molecule has 0 saturated heterocycles. The first-order valence-electron chi connectivity index (χ1n) is 8.85. The van der Waals surface area contributed by atoms with E-state index >= 15 is 0 Å². The molecule has 0 saturated carbocycles. The number of nitrogens with zero attached hydrogens (tertiary/aromatic N) is 5. The molecule has 0 radical (unpaired) electrons. The quantitative estimate of drug-likeness (QED) is 0.427. The van der Waals surface area contributed by atoms with Crippen LogP contribution in [0.1, 0.15) is 23.7 Å². The van der Waals surface area contributed by atoms with Gasteiger partial charge < -0.3 is 10.1 Å². The minimum absolute atomic E-state index is 0.0829. The maximum Gasteiger partial charge on any atom is 0.311 e. The molecule has 1 amide bonds. The van der Waals surface area contributed by atoms with E-state index in [9.17, 15) is 9.59 Å². The number of hydrogen-bond donors (Lipinski definition) is 1. The SMILES string of the molecule is CCOC(=O)Cc1csc(NC(=O)CSc2nnnn2-c2cc(C)ccc2C)n1. The summed E-state index contributed by atoms with van der Waals surface area (Å²) in [7, 11) is 0. The van der Waals surface area contributed by atoms with Crippen LogP contribution in [0.4, 0.5) is 5.13 Å². The van der Waals surface area contributed by atoms with Crippen LogP contribution in [0.2, 0.25) is 0 Å². The van der Waals surface area contributed by atoms with Crippen LogP contribution in [0.15, 0.2) is 28.7 Å². The van der Waals surface area contributed by atoms with Gasteiger partial charge in [-0.15, -0.1) is 16.4 Å². The Kier molecular flexibility index (Phi) is 6.94. The highest BCUT2D eigenvalue weighted by Gasteiger charge is 2.15. The number of amides is 1. The molecule has 1 N–H and O–H groups in total.